The van der Waals surface area contributed by atoms with Crippen molar-refractivity contribution in [2.45, 2.75) is 58.5 Å². The Morgan fingerprint density at radius 3 is 2.74 bits per heavy atom. The summed E-state index contributed by atoms with van der Waals surface area (Å²) in [4.78, 5) is 2.58. The number of nitrogens with zero attached hydrogens (tertiary/aromatic N) is 1. The van der Waals surface area contributed by atoms with E-state index in [0.29, 0.717) is 6.04 Å². The van der Waals surface area contributed by atoms with E-state index in [1.54, 1.807) is 0 Å². The van der Waals surface area contributed by atoms with Crippen LogP contribution in [-0.4, -0.2) is 24.7 Å². The molecule has 1 aliphatic rings. The van der Waals surface area contributed by atoms with Crippen molar-refractivity contribution in [1.82, 2.24) is 5.32 Å². The first-order valence-corrected chi connectivity index (χ1v) is 7.57. The summed E-state index contributed by atoms with van der Waals surface area (Å²) in [5.41, 5.74) is 3.21. The Hall–Kier alpha value is -1.02. The van der Waals surface area contributed by atoms with Gasteiger partial charge in [-0.1, -0.05) is 18.2 Å². The second-order valence-corrected chi connectivity index (χ2v) is 6.74. The fraction of sp³-hybridized carbons (Fsp3) is 0.647. The Kier molecular flexibility index (Phi) is 4.51. The van der Waals surface area contributed by atoms with Gasteiger partial charge in [0, 0.05) is 23.8 Å². The maximum Gasteiger partial charge on any atom is 0.0401 e. The topological polar surface area (TPSA) is 15.3 Å². The van der Waals surface area contributed by atoms with Gasteiger partial charge < -0.3 is 10.2 Å². The molecule has 0 saturated heterocycles. The van der Waals surface area contributed by atoms with E-state index < -0.39 is 0 Å². The summed E-state index contributed by atoms with van der Waals surface area (Å²) >= 11 is 0. The third kappa shape index (κ3) is 3.97. The van der Waals surface area contributed by atoms with Crippen molar-refractivity contribution in [2.75, 3.05) is 18.0 Å². The number of anilines is 1. The highest BCUT2D eigenvalue weighted by atomic mass is 15.2. The Labute approximate surface area is 118 Å². The van der Waals surface area contributed by atoms with Crippen molar-refractivity contribution < 1.29 is 0 Å². The Morgan fingerprint density at radius 1 is 1.26 bits per heavy atom. The van der Waals surface area contributed by atoms with E-state index in [9.17, 15) is 0 Å². The van der Waals surface area contributed by atoms with Gasteiger partial charge in [-0.3, -0.25) is 0 Å². The highest BCUT2D eigenvalue weighted by Crippen LogP contribution is 2.30. The average Bonchev–Trinajstić information content (AvgIpc) is 2.77. The van der Waals surface area contributed by atoms with Gasteiger partial charge in [0.05, 0.1) is 0 Å². The van der Waals surface area contributed by atoms with Crippen LogP contribution in [0.3, 0.4) is 0 Å². The molecule has 1 aromatic rings. The van der Waals surface area contributed by atoms with E-state index in [0.717, 1.165) is 6.54 Å². The van der Waals surface area contributed by atoms with Crippen LogP contribution in [0.25, 0.3) is 0 Å². The maximum absolute atomic E-state index is 3.57. The molecular formula is C17H28N2. The minimum atomic E-state index is 0.240. The molecule has 0 amide bonds. The van der Waals surface area contributed by atoms with E-state index in [1.807, 2.05) is 0 Å². The van der Waals surface area contributed by atoms with E-state index in [-0.39, 0.29) is 5.54 Å². The van der Waals surface area contributed by atoms with Crippen molar-refractivity contribution in [1.29, 1.82) is 0 Å². The predicted octanol–water partition coefficient (Wildman–Crippen LogP) is 3.61. The summed E-state index contributed by atoms with van der Waals surface area (Å²) in [6.07, 6.45) is 3.72. The summed E-state index contributed by atoms with van der Waals surface area (Å²) in [7, 11) is 0. The van der Waals surface area contributed by atoms with E-state index >= 15 is 0 Å². The standard InChI is InChI=1S/C17H28N2/c1-14(8-7-12-18-17(2,3)4)19-13-11-15-9-5-6-10-16(15)19/h5-6,9-10,14,18H,7-8,11-13H2,1-4H3. The van der Waals surface area contributed by atoms with Gasteiger partial charge in [0.2, 0.25) is 0 Å². The first-order valence-electron chi connectivity index (χ1n) is 7.57. The lowest BCUT2D eigenvalue weighted by atomic mass is 10.1. The van der Waals surface area contributed by atoms with Crippen molar-refractivity contribution in [3.05, 3.63) is 29.8 Å². The molecule has 0 radical (unpaired) electrons. The van der Waals surface area contributed by atoms with Gasteiger partial charge in [-0.15, -0.1) is 0 Å². The zero-order chi connectivity index (χ0) is 13.9. The monoisotopic (exact) mass is 260 g/mol. The molecule has 0 aromatic heterocycles. The van der Waals surface area contributed by atoms with Gasteiger partial charge in [0.25, 0.3) is 0 Å². The van der Waals surface area contributed by atoms with Gasteiger partial charge >= 0.3 is 0 Å². The molecular weight excluding hydrogens is 232 g/mol. The Morgan fingerprint density at radius 2 is 2.00 bits per heavy atom. The zero-order valence-electron chi connectivity index (χ0n) is 12.9. The summed E-state index contributed by atoms with van der Waals surface area (Å²) in [5, 5.41) is 3.57. The SMILES string of the molecule is CC(CCCNC(C)(C)C)N1CCc2ccccc21. The Bertz CT molecular complexity index is 406. The lowest BCUT2D eigenvalue weighted by Crippen LogP contribution is -2.37. The molecule has 1 aliphatic heterocycles. The average molecular weight is 260 g/mol. The number of fused-ring (bicyclic) bond motifs is 1. The number of para-hydroxylation sites is 1. The molecule has 2 nitrogen and oxygen atoms in total. The second-order valence-electron chi connectivity index (χ2n) is 6.74. The molecule has 0 fully saturated rings. The van der Waals surface area contributed by atoms with Crippen molar-refractivity contribution >= 4 is 5.69 Å². The number of hydrogen-bond donors (Lipinski definition) is 1. The van der Waals surface area contributed by atoms with Crippen LogP contribution in [0, 0.1) is 0 Å². The van der Waals surface area contributed by atoms with E-state index in [1.165, 1.54) is 37.1 Å². The highest BCUT2D eigenvalue weighted by molar-refractivity contribution is 5.58. The minimum absolute atomic E-state index is 0.240. The largest absolute Gasteiger partial charge is 0.368 e. The predicted molar refractivity (Wildman–Crippen MR) is 83.9 cm³/mol. The van der Waals surface area contributed by atoms with Gasteiger partial charge in [-0.05, 0) is 65.1 Å². The number of rotatable bonds is 5. The summed E-state index contributed by atoms with van der Waals surface area (Å²) < 4.78 is 0. The number of nitrogens with one attached hydrogen (secondary N) is 1. The quantitative estimate of drug-likeness (QED) is 0.814. The van der Waals surface area contributed by atoms with Crippen LogP contribution >= 0.6 is 0 Å². The van der Waals surface area contributed by atoms with Crippen molar-refractivity contribution in [3.63, 3.8) is 0 Å². The molecule has 19 heavy (non-hydrogen) atoms. The normalized spacial score (nSPS) is 16.5. The fourth-order valence-corrected chi connectivity index (χ4v) is 2.84. The van der Waals surface area contributed by atoms with Crippen LogP contribution < -0.4 is 10.2 Å². The molecule has 1 N–H and O–H groups in total. The van der Waals surface area contributed by atoms with E-state index in [2.05, 4.69) is 62.2 Å². The lowest BCUT2D eigenvalue weighted by Gasteiger charge is -2.28. The van der Waals surface area contributed by atoms with Gasteiger partial charge in [-0.25, -0.2) is 0 Å². The third-order valence-electron chi connectivity index (χ3n) is 3.91. The van der Waals surface area contributed by atoms with Gasteiger partial charge in [0.15, 0.2) is 0 Å². The second kappa shape index (κ2) is 5.96. The molecule has 0 saturated carbocycles. The fourth-order valence-electron chi connectivity index (χ4n) is 2.84. The van der Waals surface area contributed by atoms with Crippen molar-refractivity contribution in [3.8, 4) is 0 Å². The molecule has 2 rings (SSSR count). The number of benzene rings is 1. The zero-order valence-corrected chi connectivity index (χ0v) is 12.9. The molecule has 106 valence electrons. The summed E-state index contributed by atoms with van der Waals surface area (Å²) in [5.74, 6) is 0. The highest BCUT2D eigenvalue weighted by Gasteiger charge is 2.22. The summed E-state index contributed by atoms with van der Waals surface area (Å²) in [6, 6.07) is 9.49. The van der Waals surface area contributed by atoms with Crippen LogP contribution in [0.5, 0.6) is 0 Å². The van der Waals surface area contributed by atoms with Crippen LogP contribution in [0.2, 0.25) is 0 Å². The molecule has 0 aliphatic carbocycles. The minimum Gasteiger partial charge on any atom is -0.368 e. The molecule has 1 atom stereocenters. The van der Waals surface area contributed by atoms with Crippen LogP contribution in [0.4, 0.5) is 5.69 Å². The van der Waals surface area contributed by atoms with Gasteiger partial charge in [-0.2, -0.15) is 0 Å². The first-order chi connectivity index (χ1) is 8.97. The van der Waals surface area contributed by atoms with Crippen LogP contribution in [0.15, 0.2) is 24.3 Å². The molecule has 2 heteroatoms. The van der Waals surface area contributed by atoms with Gasteiger partial charge in [0.1, 0.15) is 0 Å². The lowest BCUT2D eigenvalue weighted by molar-refractivity contribution is 0.412. The smallest absolute Gasteiger partial charge is 0.0401 e. The molecule has 0 spiro atoms. The van der Waals surface area contributed by atoms with Crippen molar-refractivity contribution in [2.24, 2.45) is 0 Å². The Balaban J connectivity index is 1.80. The van der Waals surface area contributed by atoms with E-state index in [4.69, 9.17) is 0 Å². The third-order valence-corrected chi connectivity index (χ3v) is 3.91. The van der Waals surface area contributed by atoms with Crippen LogP contribution in [-0.2, 0) is 6.42 Å². The molecule has 1 unspecified atom stereocenters. The molecule has 1 heterocycles. The first kappa shape index (κ1) is 14.4. The van der Waals surface area contributed by atoms with Crippen LogP contribution in [0.1, 0.15) is 46.1 Å². The maximum atomic E-state index is 3.57. The number of hydrogen-bond acceptors (Lipinski definition) is 2. The molecule has 1 aromatic carbocycles. The molecule has 0 bridgehead atoms. The summed E-state index contributed by atoms with van der Waals surface area (Å²) in [6.45, 7) is 11.4.